The Morgan fingerprint density at radius 2 is 2.07 bits per heavy atom. The molecule has 0 saturated carbocycles. The molecule has 0 radical (unpaired) electrons. The topological polar surface area (TPSA) is 42.9 Å². The number of nitrogens with zero attached hydrogens (tertiary/aromatic N) is 2. The summed E-state index contributed by atoms with van der Waals surface area (Å²) in [6, 6.07) is 6.93. The van der Waals surface area contributed by atoms with Crippen molar-refractivity contribution in [2.24, 2.45) is 0 Å². The number of aromatic nitrogens is 2. The first kappa shape index (κ1) is 9.80. The third-order valence-corrected chi connectivity index (χ3v) is 2.24. The van der Waals surface area contributed by atoms with Gasteiger partial charge in [0.2, 0.25) is 0 Å². The monoisotopic (exact) mass is 218 g/mol. The molecule has 0 aromatic carbocycles. The largest absolute Gasteiger partial charge is 0.296 e. The van der Waals surface area contributed by atoms with Crippen LogP contribution in [0.15, 0.2) is 36.7 Å². The number of aldehydes is 1. The Kier molecular flexibility index (Phi) is 2.74. The van der Waals surface area contributed by atoms with E-state index in [-0.39, 0.29) is 0 Å². The fraction of sp³-hybridized carbons (Fsp3) is 0. The van der Waals surface area contributed by atoms with E-state index in [4.69, 9.17) is 11.6 Å². The predicted octanol–water partition coefficient (Wildman–Crippen LogP) is 2.61. The van der Waals surface area contributed by atoms with Crippen molar-refractivity contribution in [3.05, 3.63) is 47.4 Å². The average Bonchev–Trinajstić information content (AvgIpc) is 2.30. The lowest BCUT2D eigenvalue weighted by Crippen LogP contribution is -1.89. The van der Waals surface area contributed by atoms with Crippen LogP contribution in [0.1, 0.15) is 10.5 Å². The minimum atomic E-state index is 0.394. The van der Waals surface area contributed by atoms with E-state index in [1.165, 1.54) is 0 Å². The molecule has 2 aromatic heterocycles. The second-order valence-corrected chi connectivity index (χ2v) is 3.33. The van der Waals surface area contributed by atoms with Crippen molar-refractivity contribution in [2.45, 2.75) is 0 Å². The Morgan fingerprint density at radius 3 is 2.67 bits per heavy atom. The molecule has 0 aliphatic rings. The Morgan fingerprint density at radius 1 is 1.20 bits per heavy atom. The van der Waals surface area contributed by atoms with Crippen molar-refractivity contribution >= 4 is 17.9 Å². The first-order valence-corrected chi connectivity index (χ1v) is 4.71. The molecule has 0 bridgehead atoms. The smallest absolute Gasteiger partial charge is 0.168 e. The van der Waals surface area contributed by atoms with Gasteiger partial charge < -0.3 is 0 Å². The lowest BCUT2D eigenvalue weighted by Gasteiger charge is -2.01. The molecule has 0 spiro atoms. The fourth-order valence-corrected chi connectivity index (χ4v) is 1.44. The molecule has 74 valence electrons. The maximum absolute atomic E-state index is 10.4. The van der Waals surface area contributed by atoms with Crippen molar-refractivity contribution < 1.29 is 4.79 Å². The summed E-state index contributed by atoms with van der Waals surface area (Å²) in [7, 11) is 0. The number of carbonyl (C=O) groups excluding carboxylic acids is 1. The Bertz CT molecular complexity index is 482. The molecule has 2 aromatic rings. The van der Waals surface area contributed by atoms with E-state index < -0.39 is 0 Å². The summed E-state index contributed by atoms with van der Waals surface area (Å²) in [6.45, 7) is 0. The third kappa shape index (κ3) is 2.02. The Labute approximate surface area is 91.8 Å². The highest BCUT2D eigenvalue weighted by molar-refractivity contribution is 6.32. The van der Waals surface area contributed by atoms with Gasteiger partial charge in [-0.05, 0) is 24.3 Å². The van der Waals surface area contributed by atoms with E-state index in [2.05, 4.69) is 9.97 Å². The van der Waals surface area contributed by atoms with Crippen LogP contribution in [-0.4, -0.2) is 16.3 Å². The molecular formula is C11H7ClN2O. The normalized spacial score (nSPS) is 9.93. The fourth-order valence-electron chi connectivity index (χ4n) is 1.21. The summed E-state index contributed by atoms with van der Waals surface area (Å²) >= 11 is 5.97. The Hall–Kier alpha value is -1.74. The zero-order chi connectivity index (χ0) is 10.7. The molecule has 0 unspecified atom stereocenters. The second kappa shape index (κ2) is 4.19. The highest BCUT2D eigenvalue weighted by atomic mass is 35.5. The van der Waals surface area contributed by atoms with E-state index in [0.29, 0.717) is 22.7 Å². The molecule has 0 saturated heterocycles. The standard InChI is InChI=1S/C11H7ClN2O/c12-10-2-1-5-13-11(10)8-3-4-9(7-15)14-6-8/h1-7H. The molecule has 3 nitrogen and oxygen atoms in total. The van der Waals surface area contributed by atoms with Gasteiger partial charge in [-0.1, -0.05) is 11.6 Å². The van der Waals surface area contributed by atoms with Gasteiger partial charge in [0.1, 0.15) is 5.69 Å². The number of hydrogen-bond donors (Lipinski definition) is 0. The summed E-state index contributed by atoms with van der Waals surface area (Å²) in [6.07, 6.45) is 3.94. The number of carbonyl (C=O) groups is 1. The molecule has 0 aliphatic heterocycles. The zero-order valence-corrected chi connectivity index (χ0v) is 8.48. The first-order valence-electron chi connectivity index (χ1n) is 4.33. The van der Waals surface area contributed by atoms with Gasteiger partial charge in [-0.2, -0.15) is 0 Å². The zero-order valence-electron chi connectivity index (χ0n) is 7.72. The van der Waals surface area contributed by atoms with Gasteiger partial charge in [-0.25, -0.2) is 0 Å². The van der Waals surface area contributed by atoms with Crippen molar-refractivity contribution in [3.63, 3.8) is 0 Å². The van der Waals surface area contributed by atoms with Crippen LogP contribution < -0.4 is 0 Å². The summed E-state index contributed by atoms with van der Waals surface area (Å²) in [5.41, 5.74) is 1.86. The van der Waals surface area contributed by atoms with Crippen molar-refractivity contribution in [1.82, 2.24) is 9.97 Å². The van der Waals surface area contributed by atoms with E-state index in [0.717, 1.165) is 5.56 Å². The molecule has 0 atom stereocenters. The molecule has 0 amide bonds. The number of halogens is 1. The summed E-state index contributed by atoms with van der Waals surface area (Å²) in [5, 5.41) is 0.568. The minimum Gasteiger partial charge on any atom is -0.296 e. The molecular weight excluding hydrogens is 212 g/mol. The van der Waals surface area contributed by atoms with Crippen molar-refractivity contribution in [3.8, 4) is 11.3 Å². The van der Waals surface area contributed by atoms with Crippen molar-refractivity contribution in [1.29, 1.82) is 0 Å². The van der Waals surface area contributed by atoms with Gasteiger partial charge >= 0.3 is 0 Å². The van der Waals surface area contributed by atoms with Crippen LogP contribution in [-0.2, 0) is 0 Å². The highest BCUT2D eigenvalue weighted by Gasteiger charge is 2.04. The van der Waals surface area contributed by atoms with Gasteiger partial charge in [0, 0.05) is 18.0 Å². The molecule has 0 aliphatic carbocycles. The summed E-state index contributed by atoms with van der Waals surface area (Å²) in [5.74, 6) is 0. The predicted molar refractivity (Wildman–Crippen MR) is 57.9 cm³/mol. The number of rotatable bonds is 2. The van der Waals surface area contributed by atoms with Gasteiger partial charge in [-0.3, -0.25) is 14.8 Å². The van der Waals surface area contributed by atoms with Gasteiger partial charge in [0.15, 0.2) is 6.29 Å². The number of pyridine rings is 2. The first-order chi connectivity index (χ1) is 7.31. The minimum absolute atomic E-state index is 0.394. The van der Waals surface area contributed by atoms with Crippen molar-refractivity contribution in [2.75, 3.05) is 0 Å². The molecule has 15 heavy (non-hydrogen) atoms. The molecule has 2 heterocycles. The maximum Gasteiger partial charge on any atom is 0.168 e. The molecule has 4 heteroatoms. The van der Waals surface area contributed by atoms with E-state index in [1.54, 1.807) is 36.7 Å². The average molecular weight is 219 g/mol. The molecule has 0 N–H and O–H groups in total. The van der Waals surface area contributed by atoms with Crippen LogP contribution in [0.5, 0.6) is 0 Å². The van der Waals surface area contributed by atoms with E-state index >= 15 is 0 Å². The second-order valence-electron chi connectivity index (χ2n) is 2.92. The third-order valence-electron chi connectivity index (χ3n) is 1.94. The lowest BCUT2D eigenvalue weighted by atomic mass is 10.2. The lowest BCUT2D eigenvalue weighted by molar-refractivity contribution is 0.111. The van der Waals surface area contributed by atoms with Crippen LogP contribution in [0.4, 0.5) is 0 Å². The SMILES string of the molecule is O=Cc1ccc(-c2ncccc2Cl)cn1. The number of hydrogen-bond acceptors (Lipinski definition) is 3. The van der Waals surface area contributed by atoms with Crippen LogP contribution in [0.3, 0.4) is 0 Å². The summed E-state index contributed by atoms with van der Waals surface area (Å²) < 4.78 is 0. The van der Waals surface area contributed by atoms with Gasteiger partial charge in [-0.15, -0.1) is 0 Å². The summed E-state index contributed by atoms with van der Waals surface area (Å²) in [4.78, 5) is 18.5. The van der Waals surface area contributed by atoms with Crippen LogP contribution in [0.25, 0.3) is 11.3 Å². The van der Waals surface area contributed by atoms with Gasteiger partial charge in [0.05, 0.1) is 10.7 Å². The molecule has 0 fully saturated rings. The van der Waals surface area contributed by atoms with Crippen LogP contribution >= 0.6 is 11.6 Å². The van der Waals surface area contributed by atoms with E-state index in [9.17, 15) is 4.79 Å². The van der Waals surface area contributed by atoms with Gasteiger partial charge in [0.25, 0.3) is 0 Å². The molecule has 2 rings (SSSR count). The Balaban J connectivity index is 2.46. The quantitative estimate of drug-likeness (QED) is 0.728. The maximum atomic E-state index is 10.4. The highest BCUT2D eigenvalue weighted by Crippen LogP contribution is 2.23. The van der Waals surface area contributed by atoms with E-state index in [1.807, 2.05) is 0 Å². The van der Waals surface area contributed by atoms with Crippen LogP contribution in [0.2, 0.25) is 5.02 Å². The van der Waals surface area contributed by atoms with Crippen LogP contribution in [0, 0.1) is 0 Å².